The lowest BCUT2D eigenvalue weighted by Gasteiger charge is -2.04. The number of aryl methyl sites for hydroxylation is 2. The van der Waals surface area contributed by atoms with Gasteiger partial charge in [0.1, 0.15) is 0 Å². The Hall–Kier alpha value is -2.19. The summed E-state index contributed by atoms with van der Waals surface area (Å²) >= 11 is 5.90. The Kier molecular flexibility index (Phi) is 4.27. The molecule has 3 aromatic rings. The molecule has 3 heteroatoms. The largest absolute Gasteiger partial charge is 0.261 e. The molecule has 0 saturated heterocycles. The maximum atomic E-state index is 5.90. The molecular weight excluding hydrogens is 280 g/mol. The molecule has 104 valence electrons. The fourth-order valence-electron chi connectivity index (χ4n) is 2.19. The Morgan fingerprint density at radius 2 is 1.43 bits per heavy atom. The molecule has 0 atom stereocenters. The summed E-state index contributed by atoms with van der Waals surface area (Å²) in [4.78, 5) is 8.86. The molecule has 0 unspecified atom stereocenters. The van der Waals surface area contributed by atoms with E-state index in [0.717, 1.165) is 40.4 Å². The molecule has 0 amide bonds. The zero-order valence-corrected chi connectivity index (χ0v) is 12.3. The number of aromatic nitrogens is 2. The van der Waals surface area contributed by atoms with Crippen molar-refractivity contribution in [2.24, 2.45) is 0 Å². The predicted molar refractivity (Wildman–Crippen MR) is 86.3 cm³/mol. The number of nitrogens with zero attached hydrogens (tertiary/aromatic N) is 2. The molecule has 0 N–H and O–H groups in total. The third kappa shape index (κ3) is 3.67. The minimum Gasteiger partial charge on any atom is -0.261 e. The van der Waals surface area contributed by atoms with Gasteiger partial charge in [0, 0.05) is 34.4 Å². The third-order valence-electron chi connectivity index (χ3n) is 3.37. The van der Waals surface area contributed by atoms with E-state index >= 15 is 0 Å². The number of hydrogen-bond donors (Lipinski definition) is 0. The van der Waals surface area contributed by atoms with Crippen LogP contribution in [0.1, 0.15) is 11.4 Å². The van der Waals surface area contributed by atoms with Gasteiger partial charge >= 0.3 is 0 Å². The van der Waals surface area contributed by atoms with E-state index in [9.17, 15) is 0 Å². The summed E-state index contributed by atoms with van der Waals surface area (Å²) in [7, 11) is 0. The number of halogens is 1. The summed E-state index contributed by atoms with van der Waals surface area (Å²) in [6.07, 6.45) is 5.55. The second kappa shape index (κ2) is 6.51. The number of hydrogen-bond acceptors (Lipinski definition) is 2. The van der Waals surface area contributed by atoms with E-state index in [0.29, 0.717) is 0 Å². The highest BCUT2D eigenvalue weighted by Crippen LogP contribution is 2.21. The van der Waals surface area contributed by atoms with E-state index in [1.54, 1.807) is 0 Å². The van der Waals surface area contributed by atoms with E-state index in [1.165, 1.54) is 0 Å². The van der Waals surface area contributed by atoms with Crippen LogP contribution >= 0.6 is 11.6 Å². The molecule has 0 aliphatic heterocycles. The van der Waals surface area contributed by atoms with Gasteiger partial charge in [0.2, 0.25) is 0 Å². The molecule has 0 radical (unpaired) electrons. The molecule has 0 bridgehead atoms. The van der Waals surface area contributed by atoms with E-state index in [2.05, 4.69) is 22.1 Å². The van der Waals surface area contributed by atoms with E-state index < -0.39 is 0 Å². The zero-order valence-electron chi connectivity index (χ0n) is 11.5. The smallest absolute Gasteiger partial charge is 0.0407 e. The second-order valence-electron chi connectivity index (χ2n) is 4.87. The van der Waals surface area contributed by atoms with Crippen LogP contribution in [0, 0.1) is 0 Å². The molecule has 2 nitrogen and oxygen atoms in total. The normalized spacial score (nSPS) is 10.5. The Morgan fingerprint density at radius 3 is 2.05 bits per heavy atom. The lowest BCUT2D eigenvalue weighted by Crippen LogP contribution is -1.96. The highest BCUT2D eigenvalue weighted by atomic mass is 35.5. The molecule has 2 heterocycles. The van der Waals surface area contributed by atoms with Gasteiger partial charge in [-0.25, -0.2) is 0 Å². The summed E-state index contributed by atoms with van der Waals surface area (Å²) in [6, 6.07) is 18.0. The molecule has 0 aliphatic rings. The molecule has 0 saturated carbocycles. The van der Waals surface area contributed by atoms with Crippen LogP contribution in [0.15, 0.2) is 67.0 Å². The minimum atomic E-state index is 0.749. The molecular formula is C18H15ClN2. The van der Waals surface area contributed by atoms with Gasteiger partial charge in [0.05, 0.1) is 0 Å². The van der Waals surface area contributed by atoms with Gasteiger partial charge in [-0.1, -0.05) is 35.9 Å². The van der Waals surface area contributed by atoms with Gasteiger partial charge in [-0.2, -0.15) is 0 Å². The highest BCUT2D eigenvalue weighted by Gasteiger charge is 2.01. The van der Waals surface area contributed by atoms with Crippen LogP contribution in [0.4, 0.5) is 0 Å². The first-order valence-corrected chi connectivity index (χ1v) is 7.30. The minimum absolute atomic E-state index is 0.749. The summed E-state index contributed by atoms with van der Waals surface area (Å²) < 4.78 is 0. The number of rotatable bonds is 4. The van der Waals surface area contributed by atoms with Crippen molar-refractivity contribution in [3.8, 4) is 11.1 Å². The topological polar surface area (TPSA) is 25.8 Å². The maximum absolute atomic E-state index is 5.90. The molecule has 21 heavy (non-hydrogen) atoms. The van der Waals surface area contributed by atoms with Crippen LogP contribution in [0.3, 0.4) is 0 Å². The van der Waals surface area contributed by atoms with Crippen molar-refractivity contribution in [2.75, 3.05) is 0 Å². The van der Waals surface area contributed by atoms with Crippen LogP contribution in [0.25, 0.3) is 11.1 Å². The SMILES string of the molecule is Clc1ccc(-c2ccc(CCc3ccccn3)nc2)cc1. The predicted octanol–water partition coefficient (Wildman–Crippen LogP) is 4.58. The van der Waals surface area contributed by atoms with Crippen molar-refractivity contribution in [3.63, 3.8) is 0 Å². The molecule has 1 aromatic carbocycles. The highest BCUT2D eigenvalue weighted by molar-refractivity contribution is 6.30. The van der Waals surface area contributed by atoms with Crippen LogP contribution in [-0.4, -0.2) is 9.97 Å². The fourth-order valence-corrected chi connectivity index (χ4v) is 2.31. The van der Waals surface area contributed by atoms with E-state index in [-0.39, 0.29) is 0 Å². The number of pyridine rings is 2. The van der Waals surface area contributed by atoms with E-state index in [1.807, 2.05) is 54.9 Å². The van der Waals surface area contributed by atoms with Crippen molar-refractivity contribution in [3.05, 3.63) is 83.4 Å². The van der Waals surface area contributed by atoms with Gasteiger partial charge in [0.25, 0.3) is 0 Å². The van der Waals surface area contributed by atoms with Gasteiger partial charge in [-0.05, 0) is 48.7 Å². The quantitative estimate of drug-likeness (QED) is 0.704. The van der Waals surface area contributed by atoms with E-state index in [4.69, 9.17) is 11.6 Å². The van der Waals surface area contributed by atoms with Crippen LogP contribution in [0.2, 0.25) is 5.02 Å². The molecule has 0 fully saturated rings. The summed E-state index contributed by atoms with van der Waals surface area (Å²) in [6.45, 7) is 0. The summed E-state index contributed by atoms with van der Waals surface area (Å²) in [5, 5.41) is 0.749. The first-order valence-electron chi connectivity index (χ1n) is 6.92. The van der Waals surface area contributed by atoms with Crippen molar-refractivity contribution < 1.29 is 0 Å². The molecule has 0 aliphatic carbocycles. The van der Waals surface area contributed by atoms with Crippen LogP contribution < -0.4 is 0 Å². The van der Waals surface area contributed by atoms with Gasteiger partial charge in [-0.3, -0.25) is 9.97 Å². The Balaban J connectivity index is 1.68. The first-order chi connectivity index (χ1) is 10.3. The van der Waals surface area contributed by atoms with Crippen LogP contribution in [-0.2, 0) is 12.8 Å². The van der Waals surface area contributed by atoms with Crippen LogP contribution in [0.5, 0.6) is 0 Å². The van der Waals surface area contributed by atoms with Crippen molar-refractivity contribution in [1.82, 2.24) is 9.97 Å². The lowest BCUT2D eigenvalue weighted by molar-refractivity contribution is 0.880. The molecule has 3 rings (SSSR count). The van der Waals surface area contributed by atoms with Gasteiger partial charge in [-0.15, -0.1) is 0 Å². The average molecular weight is 295 g/mol. The van der Waals surface area contributed by atoms with Crippen molar-refractivity contribution in [2.45, 2.75) is 12.8 Å². The monoisotopic (exact) mass is 294 g/mol. The molecule has 0 spiro atoms. The van der Waals surface area contributed by atoms with Crippen molar-refractivity contribution >= 4 is 11.6 Å². The summed E-state index contributed by atoms with van der Waals surface area (Å²) in [5.41, 5.74) is 4.41. The zero-order chi connectivity index (χ0) is 14.5. The second-order valence-corrected chi connectivity index (χ2v) is 5.30. The standard InChI is InChI=1S/C18H15ClN2/c19-16-7-4-14(5-8-16)15-6-9-18(21-13-15)11-10-17-3-1-2-12-20-17/h1-9,12-13H,10-11H2. The lowest BCUT2D eigenvalue weighted by atomic mass is 10.1. The fraction of sp³-hybridized carbons (Fsp3) is 0.111. The molecule has 2 aromatic heterocycles. The van der Waals surface area contributed by atoms with Gasteiger partial charge < -0.3 is 0 Å². The maximum Gasteiger partial charge on any atom is 0.0407 e. The number of benzene rings is 1. The Morgan fingerprint density at radius 1 is 0.714 bits per heavy atom. The Labute approximate surface area is 129 Å². The summed E-state index contributed by atoms with van der Waals surface area (Å²) in [5.74, 6) is 0. The average Bonchev–Trinajstić information content (AvgIpc) is 2.55. The Bertz CT molecular complexity index is 692. The van der Waals surface area contributed by atoms with Crippen molar-refractivity contribution in [1.29, 1.82) is 0 Å². The first kappa shape index (κ1) is 13.8. The third-order valence-corrected chi connectivity index (χ3v) is 3.62. The van der Waals surface area contributed by atoms with Gasteiger partial charge in [0.15, 0.2) is 0 Å².